The number of hydrogen-bond donors (Lipinski definition) is 1. The number of carbonyl (C=O) groups excluding carboxylic acids is 1. The highest BCUT2D eigenvalue weighted by molar-refractivity contribution is 6.76. The van der Waals surface area contributed by atoms with E-state index in [9.17, 15) is 14.7 Å². The van der Waals surface area contributed by atoms with E-state index in [-0.39, 0.29) is 16.8 Å². The molecule has 4 nitrogen and oxygen atoms in total. The Morgan fingerprint density at radius 3 is 2.32 bits per heavy atom. The Labute approximate surface area is 171 Å². The van der Waals surface area contributed by atoms with Crippen molar-refractivity contribution in [3.05, 3.63) is 0 Å². The lowest BCUT2D eigenvalue weighted by atomic mass is 9.40. The van der Waals surface area contributed by atoms with Gasteiger partial charge in [-0.25, -0.2) is 0 Å². The summed E-state index contributed by atoms with van der Waals surface area (Å²) < 4.78 is 5.90. The number of hydrogen-bond acceptors (Lipinski definition) is 3. The van der Waals surface area contributed by atoms with Crippen LogP contribution in [0.15, 0.2) is 0 Å². The fourth-order valence-corrected chi connectivity index (χ4v) is 7.90. The average Bonchev–Trinajstić information content (AvgIpc) is 2.58. The number of rotatable bonds is 5. The Kier molecular flexibility index (Phi) is 5.81. The topological polar surface area (TPSA) is 63.6 Å². The van der Waals surface area contributed by atoms with Gasteiger partial charge >= 0.3 is 11.9 Å². The number of carboxylic acid groups (broad SMARTS) is 1. The van der Waals surface area contributed by atoms with E-state index in [4.69, 9.17) is 4.74 Å². The number of aliphatic carboxylic acids is 1. The Balaban J connectivity index is 1.89. The highest BCUT2D eigenvalue weighted by Crippen LogP contribution is 2.68. The molecule has 0 heterocycles. The Morgan fingerprint density at radius 1 is 0.964 bits per heavy atom. The average molecular weight is 409 g/mol. The molecule has 3 aliphatic carbocycles. The first kappa shape index (κ1) is 21.9. The normalized spacial score (nSPS) is 40.9. The summed E-state index contributed by atoms with van der Waals surface area (Å²) in [5.41, 5.74) is -0.422. The highest BCUT2D eigenvalue weighted by Gasteiger charge is 2.63. The van der Waals surface area contributed by atoms with E-state index in [2.05, 4.69) is 33.5 Å². The summed E-state index contributed by atoms with van der Waals surface area (Å²) in [6.07, 6.45) is 10.4. The summed E-state index contributed by atoms with van der Waals surface area (Å²) in [4.78, 5) is 25.0. The number of esters is 1. The van der Waals surface area contributed by atoms with Gasteiger partial charge in [-0.2, -0.15) is 0 Å². The molecule has 0 aliphatic heterocycles. The zero-order valence-electron chi connectivity index (χ0n) is 18.6. The zero-order chi connectivity index (χ0) is 20.8. The monoisotopic (exact) mass is 408 g/mol. The van der Waals surface area contributed by atoms with Crippen LogP contribution in [0.1, 0.15) is 78.1 Å². The predicted octanol–water partition coefficient (Wildman–Crippen LogP) is 5.66. The van der Waals surface area contributed by atoms with Crippen molar-refractivity contribution >= 4 is 20.0 Å². The molecule has 160 valence electrons. The van der Waals surface area contributed by atoms with Crippen molar-refractivity contribution in [2.75, 3.05) is 6.23 Å². The zero-order valence-corrected chi connectivity index (χ0v) is 19.6. The van der Waals surface area contributed by atoms with Crippen LogP contribution in [0.25, 0.3) is 0 Å². The van der Waals surface area contributed by atoms with Gasteiger partial charge in [-0.05, 0) is 68.1 Å². The van der Waals surface area contributed by atoms with Crippen molar-refractivity contribution in [3.8, 4) is 0 Å². The maximum absolute atomic E-state index is 13.3. The second kappa shape index (κ2) is 7.44. The van der Waals surface area contributed by atoms with Gasteiger partial charge in [0.1, 0.15) is 0 Å². The molecular formula is C23H40O4Si. The Morgan fingerprint density at radius 2 is 1.68 bits per heavy atom. The molecule has 3 rings (SSSR count). The van der Waals surface area contributed by atoms with Crippen molar-refractivity contribution in [2.45, 2.75) is 97.7 Å². The van der Waals surface area contributed by atoms with Crippen LogP contribution in [0.4, 0.5) is 0 Å². The van der Waals surface area contributed by atoms with Crippen LogP contribution in [0.5, 0.6) is 0 Å². The van der Waals surface area contributed by atoms with E-state index in [1.807, 2.05) is 0 Å². The molecule has 3 saturated carbocycles. The number of carboxylic acids is 1. The summed E-state index contributed by atoms with van der Waals surface area (Å²) in [5.74, 6) is 0.0929. The molecule has 3 aliphatic rings. The molecular weight excluding hydrogens is 368 g/mol. The first-order valence-corrected chi connectivity index (χ1v) is 15.0. The molecule has 0 saturated heterocycles. The fraction of sp³-hybridized carbons (Fsp3) is 0.913. The quantitative estimate of drug-likeness (QED) is 0.470. The van der Waals surface area contributed by atoms with Gasteiger partial charge < -0.3 is 9.84 Å². The van der Waals surface area contributed by atoms with Gasteiger partial charge in [0.15, 0.2) is 0 Å². The molecule has 28 heavy (non-hydrogen) atoms. The lowest BCUT2D eigenvalue weighted by molar-refractivity contribution is -0.189. The summed E-state index contributed by atoms with van der Waals surface area (Å²) in [5, 5.41) is 9.65. The van der Waals surface area contributed by atoms with Gasteiger partial charge in [0.05, 0.1) is 26.1 Å². The van der Waals surface area contributed by atoms with Gasteiger partial charge in [-0.15, -0.1) is 0 Å². The van der Waals surface area contributed by atoms with Gasteiger partial charge in [-0.3, -0.25) is 9.59 Å². The van der Waals surface area contributed by atoms with Crippen LogP contribution >= 0.6 is 0 Å². The van der Waals surface area contributed by atoms with Crippen molar-refractivity contribution in [2.24, 2.45) is 28.1 Å². The van der Waals surface area contributed by atoms with E-state index in [0.717, 1.165) is 51.4 Å². The minimum absolute atomic E-state index is 0.00685. The molecule has 5 atom stereocenters. The van der Waals surface area contributed by atoms with Crippen molar-refractivity contribution in [1.29, 1.82) is 0 Å². The molecule has 0 unspecified atom stereocenters. The van der Waals surface area contributed by atoms with Crippen molar-refractivity contribution in [3.63, 3.8) is 0 Å². The van der Waals surface area contributed by atoms with Gasteiger partial charge in [0.25, 0.3) is 0 Å². The van der Waals surface area contributed by atoms with Crippen molar-refractivity contribution in [1.82, 2.24) is 0 Å². The van der Waals surface area contributed by atoms with Crippen LogP contribution in [0.3, 0.4) is 0 Å². The number of ether oxygens (including phenoxy) is 1. The first-order valence-electron chi connectivity index (χ1n) is 11.3. The van der Waals surface area contributed by atoms with E-state index < -0.39 is 19.5 Å². The largest absolute Gasteiger partial charge is 0.481 e. The molecule has 0 aromatic heterocycles. The van der Waals surface area contributed by atoms with E-state index >= 15 is 0 Å². The van der Waals surface area contributed by atoms with Crippen LogP contribution in [-0.4, -0.2) is 31.3 Å². The molecule has 0 bridgehead atoms. The lowest BCUT2D eigenvalue weighted by Gasteiger charge is -2.64. The molecule has 0 spiro atoms. The fourth-order valence-electron chi connectivity index (χ4n) is 7.34. The van der Waals surface area contributed by atoms with Crippen LogP contribution in [0.2, 0.25) is 19.6 Å². The molecule has 1 N–H and O–H groups in total. The van der Waals surface area contributed by atoms with Gasteiger partial charge in [0.2, 0.25) is 0 Å². The summed E-state index contributed by atoms with van der Waals surface area (Å²) >= 11 is 0. The van der Waals surface area contributed by atoms with Gasteiger partial charge in [-0.1, -0.05) is 45.8 Å². The first-order chi connectivity index (χ1) is 12.9. The number of carbonyl (C=O) groups is 2. The lowest BCUT2D eigenvalue weighted by Crippen LogP contribution is -2.59. The summed E-state index contributed by atoms with van der Waals surface area (Å²) in [6, 6.07) is 0. The SMILES string of the molecule is C[C@@]12CCC[C@@](C)(C(=O)OC[Si](C)(C)C)[C@H]1CC[C@@]1(CC(=O)O)CCCC[C@H]12. The Bertz CT molecular complexity index is 627. The maximum Gasteiger partial charge on any atom is 0.311 e. The second-order valence-electron chi connectivity index (χ2n) is 11.7. The van der Waals surface area contributed by atoms with Crippen molar-refractivity contribution < 1.29 is 19.4 Å². The van der Waals surface area contributed by atoms with Gasteiger partial charge in [0, 0.05) is 0 Å². The molecule has 0 amide bonds. The van der Waals surface area contributed by atoms with E-state index in [1.54, 1.807) is 0 Å². The third kappa shape index (κ3) is 3.80. The summed E-state index contributed by atoms with van der Waals surface area (Å²) in [7, 11) is -1.45. The molecule has 0 aromatic carbocycles. The number of fused-ring (bicyclic) bond motifs is 3. The van der Waals surface area contributed by atoms with E-state index in [0.29, 0.717) is 24.5 Å². The second-order valence-corrected chi connectivity index (χ2v) is 17.1. The minimum Gasteiger partial charge on any atom is -0.481 e. The molecule has 5 heteroatoms. The van der Waals surface area contributed by atoms with Crippen LogP contribution in [0, 0.1) is 28.1 Å². The Hall–Kier alpha value is -0.843. The van der Waals surface area contributed by atoms with Crippen LogP contribution in [-0.2, 0) is 14.3 Å². The van der Waals surface area contributed by atoms with Crippen LogP contribution < -0.4 is 0 Å². The third-order valence-electron chi connectivity index (χ3n) is 8.47. The predicted molar refractivity (Wildman–Crippen MR) is 114 cm³/mol. The minimum atomic E-state index is -1.45. The highest BCUT2D eigenvalue weighted by atomic mass is 28.3. The van der Waals surface area contributed by atoms with E-state index in [1.165, 1.54) is 6.42 Å². The standard InChI is InChI=1S/C23H40O4Si/c1-21-11-8-12-22(2,20(26)27-16-28(3,4)5)17(21)10-14-23(15-19(24)25)13-7-6-9-18(21)23/h17-18H,6-16H2,1-5H3,(H,24,25)/t17-,18-,21+,22+,23+/m0/s1. The third-order valence-corrected chi connectivity index (χ3v) is 9.48. The molecule has 0 aromatic rings. The molecule has 3 fully saturated rings. The maximum atomic E-state index is 13.3. The smallest absolute Gasteiger partial charge is 0.311 e. The summed E-state index contributed by atoms with van der Waals surface area (Å²) in [6.45, 7) is 11.2. The molecule has 0 radical (unpaired) electrons.